The molecule has 1 aromatic carbocycles. The van der Waals surface area contributed by atoms with Crippen LogP contribution in [0.15, 0.2) is 24.4 Å². The first kappa shape index (κ1) is 27.3. The number of fused-ring (bicyclic) bond motifs is 2. The zero-order chi connectivity index (χ0) is 27.9. The topological polar surface area (TPSA) is 198 Å². The van der Waals surface area contributed by atoms with Crippen molar-refractivity contribution in [3.05, 3.63) is 35.7 Å². The zero-order valence-electron chi connectivity index (χ0n) is 21.7. The molecule has 2 aromatic heterocycles. The van der Waals surface area contributed by atoms with Crippen molar-refractivity contribution in [1.29, 1.82) is 0 Å². The molecule has 0 fully saturated rings. The quantitative estimate of drug-likeness (QED) is 0.309. The second-order valence-corrected chi connectivity index (χ2v) is 8.57. The number of aromatic nitrogens is 4. The summed E-state index contributed by atoms with van der Waals surface area (Å²) in [6.45, 7) is 5.08. The molecule has 0 spiro atoms. The van der Waals surface area contributed by atoms with Crippen molar-refractivity contribution in [2.24, 2.45) is 0 Å². The van der Waals surface area contributed by atoms with Gasteiger partial charge in [0.15, 0.2) is 17.0 Å². The third-order valence-corrected chi connectivity index (χ3v) is 5.85. The number of hydrogen-bond acceptors (Lipinski definition) is 13. The zero-order valence-corrected chi connectivity index (χ0v) is 21.7. The maximum atomic E-state index is 13.0. The van der Waals surface area contributed by atoms with Crippen LogP contribution >= 0.6 is 0 Å². The summed E-state index contributed by atoms with van der Waals surface area (Å²) in [5, 5.41) is 2.66. The lowest BCUT2D eigenvalue weighted by atomic mass is 10.1. The molecule has 3 heterocycles. The summed E-state index contributed by atoms with van der Waals surface area (Å²) in [6, 6.07) is 3.98. The Morgan fingerprint density at radius 1 is 1.13 bits per heavy atom. The summed E-state index contributed by atoms with van der Waals surface area (Å²) >= 11 is 0. The monoisotopic (exact) mass is 538 g/mol. The molecule has 39 heavy (non-hydrogen) atoms. The predicted molar refractivity (Wildman–Crippen MR) is 141 cm³/mol. The summed E-state index contributed by atoms with van der Waals surface area (Å²) in [5.74, 6) is -0.919. The van der Waals surface area contributed by atoms with Crippen molar-refractivity contribution in [2.45, 2.75) is 39.3 Å². The molecule has 14 nitrogen and oxygen atoms in total. The smallest absolute Gasteiger partial charge is 0.328 e. The number of rotatable bonds is 10. The van der Waals surface area contributed by atoms with Crippen LogP contribution in [0.3, 0.4) is 0 Å². The predicted octanol–water partition coefficient (Wildman–Crippen LogP) is 0.988. The number of hydrogen-bond donors (Lipinski definition) is 3. The number of ether oxygens (including phenoxy) is 3. The van der Waals surface area contributed by atoms with Gasteiger partial charge in [0.05, 0.1) is 43.9 Å². The molecule has 4 rings (SSSR count). The Labute approximate surface area is 224 Å². The average molecular weight is 539 g/mol. The standard InChI is InChI=1S/C25H30N8O6/c1-3-37-19(34)8-6-16(24(36)38-4-2)30-23(35)14-5-7-17-18(11-14)39-10-9-33(17)13-15-12-28-22-20(29-15)21(26)31-25(27)32-22/h5,7,11-12,16H,3-4,6,8-10,13H2,1-2H3,(H,30,35)(H4,26,27,28,31,32). The number of benzene rings is 1. The van der Waals surface area contributed by atoms with Crippen molar-refractivity contribution in [2.75, 3.05) is 42.7 Å². The fourth-order valence-electron chi connectivity index (χ4n) is 4.07. The van der Waals surface area contributed by atoms with Crippen molar-refractivity contribution in [1.82, 2.24) is 25.3 Å². The van der Waals surface area contributed by atoms with Gasteiger partial charge in [-0.2, -0.15) is 9.97 Å². The van der Waals surface area contributed by atoms with Crippen molar-refractivity contribution in [3.8, 4) is 5.75 Å². The molecule has 1 amide bonds. The van der Waals surface area contributed by atoms with Crippen LogP contribution in [0.25, 0.3) is 11.2 Å². The molecule has 1 unspecified atom stereocenters. The summed E-state index contributed by atoms with van der Waals surface area (Å²) in [4.78, 5) is 56.0. The second kappa shape index (κ2) is 12.2. The van der Waals surface area contributed by atoms with Crippen LogP contribution in [0.5, 0.6) is 5.75 Å². The molecular formula is C25H30N8O6. The van der Waals surface area contributed by atoms with Gasteiger partial charge in [0.1, 0.15) is 18.4 Å². The Balaban J connectivity index is 1.48. The van der Waals surface area contributed by atoms with Gasteiger partial charge in [-0.25, -0.2) is 14.8 Å². The van der Waals surface area contributed by atoms with Crippen LogP contribution in [-0.4, -0.2) is 70.2 Å². The van der Waals surface area contributed by atoms with Gasteiger partial charge in [0.2, 0.25) is 5.95 Å². The first-order valence-corrected chi connectivity index (χ1v) is 12.5. The molecular weight excluding hydrogens is 508 g/mol. The van der Waals surface area contributed by atoms with Crippen molar-refractivity contribution < 1.29 is 28.6 Å². The largest absolute Gasteiger partial charge is 0.490 e. The van der Waals surface area contributed by atoms with Crippen LogP contribution in [-0.2, 0) is 25.6 Å². The molecule has 0 saturated heterocycles. The minimum Gasteiger partial charge on any atom is -0.490 e. The maximum absolute atomic E-state index is 13.0. The van der Waals surface area contributed by atoms with Gasteiger partial charge in [-0.1, -0.05) is 0 Å². The molecule has 206 valence electrons. The van der Waals surface area contributed by atoms with Crippen LogP contribution in [0.2, 0.25) is 0 Å². The average Bonchev–Trinajstić information content (AvgIpc) is 2.91. The number of nitrogen functional groups attached to an aromatic ring is 2. The fraction of sp³-hybridized carbons (Fsp3) is 0.400. The van der Waals surface area contributed by atoms with E-state index in [-0.39, 0.29) is 43.4 Å². The fourth-order valence-corrected chi connectivity index (χ4v) is 4.07. The van der Waals surface area contributed by atoms with E-state index in [0.717, 1.165) is 5.69 Å². The van der Waals surface area contributed by atoms with E-state index in [0.29, 0.717) is 42.3 Å². The molecule has 0 aliphatic carbocycles. The van der Waals surface area contributed by atoms with E-state index < -0.39 is 23.9 Å². The van der Waals surface area contributed by atoms with Gasteiger partial charge in [-0.15, -0.1) is 0 Å². The number of carbonyl (C=O) groups excluding carboxylic acids is 3. The van der Waals surface area contributed by atoms with E-state index in [1.165, 1.54) is 0 Å². The Morgan fingerprint density at radius 3 is 2.69 bits per heavy atom. The normalized spacial score (nSPS) is 13.2. The maximum Gasteiger partial charge on any atom is 0.328 e. The number of amides is 1. The van der Waals surface area contributed by atoms with Crippen molar-refractivity contribution >= 4 is 46.5 Å². The molecule has 0 saturated carbocycles. The highest BCUT2D eigenvalue weighted by molar-refractivity contribution is 5.98. The number of anilines is 3. The third-order valence-electron chi connectivity index (χ3n) is 5.85. The van der Waals surface area contributed by atoms with Gasteiger partial charge < -0.3 is 35.9 Å². The van der Waals surface area contributed by atoms with Gasteiger partial charge in [-0.05, 0) is 38.5 Å². The molecule has 14 heteroatoms. The van der Waals surface area contributed by atoms with Gasteiger partial charge in [0, 0.05) is 12.0 Å². The number of nitrogens with one attached hydrogen (secondary N) is 1. The van der Waals surface area contributed by atoms with E-state index in [1.54, 1.807) is 38.2 Å². The molecule has 3 aromatic rings. The van der Waals surface area contributed by atoms with Crippen LogP contribution in [0.1, 0.15) is 42.7 Å². The molecule has 1 aliphatic heterocycles. The number of carbonyl (C=O) groups is 3. The molecule has 5 N–H and O–H groups in total. The van der Waals surface area contributed by atoms with Gasteiger partial charge in [0.25, 0.3) is 5.91 Å². The molecule has 1 aliphatic rings. The third kappa shape index (κ3) is 6.58. The SMILES string of the molecule is CCOC(=O)CCC(NC(=O)c1ccc2c(c1)OCCN2Cc1cnc2nc(N)nc(N)c2n1)C(=O)OCC. The van der Waals surface area contributed by atoms with Crippen molar-refractivity contribution in [3.63, 3.8) is 0 Å². The van der Waals surface area contributed by atoms with Crippen LogP contribution in [0.4, 0.5) is 17.5 Å². The van der Waals surface area contributed by atoms with Crippen LogP contribution < -0.4 is 26.4 Å². The summed E-state index contributed by atoms with van der Waals surface area (Å²) in [7, 11) is 0. The Morgan fingerprint density at radius 2 is 1.92 bits per heavy atom. The number of nitrogens with two attached hydrogens (primary N) is 2. The molecule has 0 radical (unpaired) electrons. The number of esters is 2. The lowest BCUT2D eigenvalue weighted by Gasteiger charge is -2.31. The summed E-state index contributed by atoms with van der Waals surface area (Å²) in [5.41, 5.74) is 13.9. The van der Waals surface area contributed by atoms with E-state index in [2.05, 4.69) is 25.3 Å². The van der Waals surface area contributed by atoms with Gasteiger partial charge in [-0.3, -0.25) is 9.59 Å². The second-order valence-electron chi connectivity index (χ2n) is 8.57. The highest BCUT2D eigenvalue weighted by Crippen LogP contribution is 2.33. The summed E-state index contributed by atoms with van der Waals surface area (Å²) in [6.07, 6.45) is 1.60. The Kier molecular flexibility index (Phi) is 8.53. The molecule has 0 bridgehead atoms. The lowest BCUT2D eigenvalue weighted by Crippen LogP contribution is -2.42. The Hall–Kier alpha value is -4.75. The first-order chi connectivity index (χ1) is 18.8. The van der Waals surface area contributed by atoms with E-state index >= 15 is 0 Å². The summed E-state index contributed by atoms with van der Waals surface area (Å²) < 4.78 is 15.8. The number of nitrogens with zero attached hydrogens (tertiary/aromatic N) is 5. The van der Waals surface area contributed by atoms with E-state index in [1.807, 2.05) is 4.90 Å². The Bertz CT molecular complexity index is 1380. The molecule has 1 atom stereocenters. The first-order valence-electron chi connectivity index (χ1n) is 12.5. The van der Waals surface area contributed by atoms with Gasteiger partial charge >= 0.3 is 11.9 Å². The van der Waals surface area contributed by atoms with E-state index in [9.17, 15) is 14.4 Å². The van der Waals surface area contributed by atoms with Crippen LogP contribution in [0, 0.1) is 0 Å². The lowest BCUT2D eigenvalue weighted by molar-refractivity contribution is -0.146. The highest BCUT2D eigenvalue weighted by Gasteiger charge is 2.26. The van der Waals surface area contributed by atoms with E-state index in [4.69, 9.17) is 25.7 Å². The minimum absolute atomic E-state index is 0.0246. The minimum atomic E-state index is -1.01. The highest BCUT2D eigenvalue weighted by atomic mass is 16.5.